The summed E-state index contributed by atoms with van der Waals surface area (Å²) < 4.78 is 26.4. The van der Waals surface area contributed by atoms with E-state index in [0.717, 1.165) is 0 Å². The maximum Gasteiger partial charge on any atom is 0.264 e. The summed E-state index contributed by atoms with van der Waals surface area (Å²) in [7, 11) is -3.96. The molecule has 19 heavy (non-hydrogen) atoms. The highest BCUT2D eigenvalue weighted by Gasteiger charge is 2.20. The molecule has 6 nitrogen and oxygen atoms in total. The van der Waals surface area contributed by atoms with Crippen LogP contribution >= 0.6 is 23.2 Å². The summed E-state index contributed by atoms with van der Waals surface area (Å²) in [4.78, 5) is -0.180. The fourth-order valence-electron chi connectivity index (χ4n) is 1.32. The molecule has 0 atom stereocenters. The zero-order chi connectivity index (χ0) is 14.0. The number of halogens is 2. The zero-order valence-electron chi connectivity index (χ0n) is 9.18. The average molecular weight is 317 g/mol. The first-order valence-corrected chi connectivity index (χ1v) is 7.09. The summed E-state index contributed by atoms with van der Waals surface area (Å²) in [5.74, 6) is -0.0291. The molecule has 0 spiro atoms. The molecule has 9 heteroatoms. The summed E-state index contributed by atoms with van der Waals surface area (Å²) in [5.41, 5.74) is 0.0710. The monoisotopic (exact) mass is 316 g/mol. The van der Waals surface area contributed by atoms with Gasteiger partial charge in [-0.1, -0.05) is 23.2 Å². The van der Waals surface area contributed by atoms with Gasteiger partial charge >= 0.3 is 0 Å². The van der Waals surface area contributed by atoms with Crippen LogP contribution in [-0.4, -0.2) is 18.6 Å². The van der Waals surface area contributed by atoms with Crippen molar-refractivity contribution in [2.45, 2.75) is 4.90 Å². The van der Waals surface area contributed by atoms with Crippen LogP contribution in [0.3, 0.4) is 0 Å². The van der Waals surface area contributed by atoms with Crippen molar-refractivity contribution in [3.63, 3.8) is 0 Å². The number of nitriles is 1. The highest BCUT2D eigenvalue weighted by atomic mass is 35.5. The van der Waals surface area contributed by atoms with Crippen molar-refractivity contribution < 1.29 is 8.42 Å². The fourth-order valence-corrected chi connectivity index (χ4v) is 3.12. The molecule has 0 aliphatic rings. The Labute approximate surface area is 119 Å². The second kappa shape index (κ2) is 5.09. The number of H-pyrrole nitrogens is 1. The third kappa shape index (κ3) is 2.81. The number of hydrogen-bond acceptors (Lipinski definition) is 4. The first kappa shape index (κ1) is 13.7. The van der Waals surface area contributed by atoms with E-state index in [-0.39, 0.29) is 26.3 Å². The van der Waals surface area contributed by atoms with Gasteiger partial charge in [0.15, 0.2) is 5.82 Å². The minimum Gasteiger partial charge on any atom is -0.263 e. The van der Waals surface area contributed by atoms with Crippen LogP contribution in [-0.2, 0) is 10.0 Å². The van der Waals surface area contributed by atoms with Crippen molar-refractivity contribution in [1.29, 1.82) is 5.26 Å². The standard InChI is InChI=1S/C10H6Cl2N4O2S/c11-7-1-2-8(12)9(3-7)19(17,18)16-10-6(4-13)5-14-15-10/h1-3,5H,(H2,14,15,16). The average Bonchev–Trinajstić information content (AvgIpc) is 2.78. The number of nitrogens with one attached hydrogen (secondary N) is 2. The summed E-state index contributed by atoms with van der Waals surface area (Å²) in [6.07, 6.45) is 1.21. The van der Waals surface area contributed by atoms with Gasteiger partial charge in [0.1, 0.15) is 16.5 Å². The molecular formula is C10H6Cl2N4O2S. The number of benzene rings is 1. The third-order valence-corrected chi connectivity index (χ3v) is 4.25. The van der Waals surface area contributed by atoms with E-state index in [2.05, 4.69) is 14.9 Å². The lowest BCUT2D eigenvalue weighted by Gasteiger charge is -2.08. The number of hydrogen-bond donors (Lipinski definition) is 2. The summed E-state index contributed by atoms with van der Waals surface area (Å²) in [6.45, 7) is 0. The second-order valence-corrected chi connectivity index (χ2v) is 5.95. The molecule has 0 fully saturated rings. The third-order valence-electron chi connectivity index (χ3n) is 2.18. The minimum absolute atomic E-state index is 0.0231. The van der Waals surface area contributed by atoms with Crippen LogP contribution < -0.4 is 4.72 Å². The topological polar surface area (TPSA) is 98.6 Å². The van der Waals surface area contributed by atoms with Crippen LogP contribution in [0.25, 0.3) is 0 Å². The van der Waals surface area contributed by atoms with Gasteiger partial charge in [-0.3, -0.25) is 9.82 Å². The molecule has 2 rings (SSSR count). The van der Waals surface area contributed by atoms with Gasteiger partial charge in [0, 0.05) is 5.02 Å². The molecule has 0 amide bonds. The molecule has 0 unspecified atom stereocenters. The Bertz CT molecular complexity index is 764. The summed E-state index contributed by atoms with van der Waals surface area (Å²) in [5, 5.41) is 15.0. The molecule has 2 N–H and O–H groups in total. The molecule has 0 bridgehead atoms. The van der Waals surface area contributed by atoms with Crippen LogP contribution in [0.2, 0.25) is 10.0 Å². The Hall–Kier alpha value is -1.75. The van der Waals surface area contributed by atoms with Crippen molar-refractivity contribution in [2.24, 2.45) is 0 Å². The number of rotatable bonds is 3. The predicted molar refractivity (Wildman–Crippen MR) is 70.6 cm³/mol. The van der Waals surface area contributed by atoms with Crippen LogP contribution in [0.1, 0.15) is 5.56 Å². The molecular weight excluding hydrogens is 311 g/mol. The molecule has 1 aromatic heterocycles. The quantitative estimate of drug-likeness (QED) is 0.908. The number of aromatic nitrogens is 2. The number of aromatic amines is 1. The van der Waals surface area contributed by atoms with Crippen molar-refractivity contribution in [1.82, 2.24) is 10.2 Å². The van der Waals surface area contributed by atoms with Crippen molar-refractivity contribution in [2.75, 3.05) is 4.72 Å². The highest BCUT2D eigenvalue weighted by Crippen LogP contribution is 2.26. The van der Waals surface area contributed by atoms with Crippen molar-refractivity contribution >= 4 is 39.0 Å². The summed E-state index contributed by atoms with van der Waals surface area (Å²) >= 11 is 11.6. The van der Waals surface area contributed by atoms with Gasteiger partial charge in [-0.15, -0.1) is 0 Å². The molecule has 0 radical (unpaired) electrons. The molecule has 0 saturated heterocycles. The fraction of sp³-hybridized carbons (Fsp3) is 0. The Morgan fingerprint density at radius 1 is 1.37 bits per heavy atom. The smallest absolute Gasteiger partial charge is 0.263 e. The summed E-state index contributed by atoms with van der Waals surface area (Å²) in [6, 6.07) is 5.86. The molecule has 1 heterocycles. The van der Waals surface area contributed by atoms with E-state index in [0.29, 0.717) is 0 Å². The normalized spacial score (nSPS) is 11.0. The molecule has 0 aliphatic carbocycles. The van der Waals surface area contributed by atoms with Gasteiger partial charge in [0.05, 0.1) is 11.2 Å². The van der Waals surface area contributed by atoms with Gasteiger partial charge in [0.25, 0.3) is 10.0 Å². The maximum absolute atomic E-state index is 12.1. The van der Waals surface area contributed by atoms with Crippen LogP contribution in [0.4, 0.5) is 5.82 Å². The van der Waals surface area contributed by atoms with Crippen molar-refractivity contribution in [3.05, 3.63) is 40.0 Å². The minimum atomic E-state index is -3.96. The van der Waals surface area contributed by atoms with E-state index in [4.69, 9.17) is 28.5 Å². The highest BCUT2D eigenvalue weighted by molar-refractivity contribution is 7.92. The van der Waals surface area contributed by atoms with Crippen LogP contribution in [0, 0.1) is 11.3 Å². The van der Waals surface area contributed by atoms with Crippen LogP contribution in [0.15, 0.2) is 29.3 Å². The van der Waals surface area contributed by atoms with E-state index in [9.17, 15) is 8.42 Å². The Morgan fingerprint density at radius 2 is 2.11 bits per heavy atom. The number of sulfonamides is 1. The second-order valence-electron chi connectivity index (χ2n) is 3.45. The Morgan fingerprint density at radius 3 is 2.79 bits per heavy atom. The first-order valence-electron chi connectivity index (χ1n) is 4.85. The van der Waals surface area contributed by atoms with Gasteiger partial charge in [0.2, 0.25) is 0 Å². The largest absolute Gasteiger partial charge is 0.264 e. The van der Waals surface area contributed by atoms with E-state index >= 15 is 0 Å². The Kier molecular flexibility index (Phi) is 3.66. The predicted octanol–water partition coefficient (Wildman–Crippen LogP) is 2.39. The molecule has 0 aliphatic heterocycles. The maximum atomic E-state index is 12.1. The van der Waals surface area contributed by atoms with Crippen molar-refractivity contribution in [3.8, 4) is 6.07 Å². The molecule has 1 aromatic carbocycles. The molecule has 2 aromatic rings. The van der Waals surface area contributed by atoms with Gasteiger partial charge in [-0.2, -0.15) is 10.4 Å². The van der Waals surface area contributed by atoms with Gasteiger partial charge in [-0.05, 0) is 18.2 Å². The lowest BCUT2D eigenvalue weighted by molar-refractivity contribution is 0.601. The first-order chi connectivity index (χ1) is 8.94. The Balaban J connectivity index is 2.44. The van der Waals surface area contributed by atoms with Gasteiger partial charge in [-0.25, -0.2) is 8.42 Å². The van der Waals surface area contributed by atoms with E-state index in [1.54, 1.807) is 6.07 Å². The number of anilines is 1. The lowest BCUT2D eigenvalue weighted by atomic mass is 10.4. The molecule has 98 valence electrons. The SMILES string of the molecule is N#Cc1cn[nH]c1NS(=O)(=O)c1cc(Cl)ccc1Cl. The van der Waals surface area contributed by atoms with E-state index < -0.39 is 10.0 Å². The van der Waals surface area contributed by atoms with Crippen LogP contribution in [0.5, 0.6) is 0 Å². The lowest BCUT2D eigenvalue weighted by Crippen LogP contribution is -2.14. The van der Waals surface area contributed by atoms with E-state index in [1.165, 1.54) is 24.4 Å². The van der Waals surface area contributed by atoms with Gasteiger partial charge < -0.3 is 0 Å². The number of nitrogens with zero attached hydrogens (tertiary/aromatic N) is 2. The molecule has 0 saturated carbocycles. The zero-order valence-corrected chi connectivity index (χ0v) is 11.5. The van der Waals surface area contributed by atoms with E-state index in [1.807, 2.05) is 0 Å².